The fraction of sp³-hybridized carbons (Fsp3) is 0.231. The zero-order valence-electron chi connectivity index (χ0n) is 9.95. The summed E-state index contributed by atoms with van der Waals surface area (Å²) in [5.41, 5.74) is 0. The first-order valence-electron chi connectivity index (χ1n) is 5.81. The average Bonchev–Trinajstić information content (AvgIpc) is 2.89. The third-order valence-electron chi connectivity index (χ3n) is 2.38. The van der Waals surface area contributed by atoms with Gasteiger partial charge in [-0.1, -0.05) is 18.2 Å². The van der Waals surface area contributed by atoms with Crippen LogP contribution in [0.4, 0.5) is 4.79 Å². The lowest BCUT2D eigenvalue weighted by Gasteiger charge is -2.06. The summed E-state index contributed by atoms with van der Waals surface area (Å²) in [6, 6.07) is 9.00. The minimum atomic E-state index is -0.424. The first-order valence-corrected chi connectivity index (χ1v) is 5.81. The molecule has 0 radical (unpaired) electrons. The average molecular weight is 245 g/mol. The van der Waals surface area contributed by atoms with Gasteiger partial charge in [-0.05, 0) is 18.6 Å². The van der Waals surface area contributed by atoms with E-state index < -0.39 is 6.09 Å². The topological polar surface area (TPSA) is 56.2 Å². The highest BCUT2D eigenvalue weighted by Gasteiger charge is 2.02. The number of hydrogen-bond donors (Lipinski definition) is 1. The molecule has 0 fully saturated rings. The number of aromatic nitrogens is 2. The molecule has 94 valence electrons. The largest absolute Gasteiger partial charge is 0.412 e. The number of imidazole rings is 1. The van der Waals surface area contributed by atoms with Crippen LogP contribution in [-0.2, 0) is 6.54 Å². The molecular formula is C13H15N3O2. The van der Waals surface area contributed by atoms with Gasteiger partial charge in [-0.25, -0.2) is 9.78 Å². The van der Waals surface area contributed by atoms with Crippen molar-refractivity contribution < 1.29 is 9.53 Å². The molecule has 1 amide bonds. The number of hydrogen-bond acceptors (Lipinski definition) is 3. The number of aryl methyl sites for hydroxylation is 1. The van der Waals surface area contributed by atoms with E-state index in [1.165, 1.54) is 0 Å². The minimum Gasteiger partial charge on any atom is -0.410 e. The number of rotatable bonds is 5. The Kier molecular flexibility index (Phi) is 4.35. The molecule has 0 aliphatic heterocycles. The van der Waals surface area contributed by atoms with E-state index in [2.05, 4.69) is 10.3 Å². The monoisotopic (exact) mass is 245 g/mol. The number of nitrogens with one attached hydrogen (secondary N) is 1. The predicted molar refractivity (Wildman–Crippen MR) is 67.3 cm³/mol. The first-order chi connectivity index (χ1) is 8.84. The second-order valence-electron chi connectivity index (χ2n) is 3.78. The van der Waals surface area contributed by atoms with Gasteiger partial charge >= 0.3 is 6.09 Å². The molecule has 1 N–H and O–H groups in total. The van der Waals surface area contributed by atoms with Crippen LogP contribution in [0, 0.1) is 0 Å². The van der Waals surface area contributed by atoms with E-state index in [4.69, 9.17) is 4.74 Å². The minimum absolute atomic E-state index is 0.424. The number of nitrogens with zero attached hydrogens (tertiary/aromatic N) is 2. The molecule has 0 aliphatic carbocycles. The Balaban J connectivity index is 1.63. The maximum atomic E-state index is 11.4. The summed E-state index contributed by atoms with van der Waals surface area (Å²) in [7, 11) is 0. The normalized spacial score (nSPS) is 10.0. The van der Waals surface area contributed by atoms with Crippen molar-refractivity contribution >= 4 is 6.09 Å². The molecule has 0 unspecified atom stereocenters. The van der Waals surface area contributed by atoms with Crippen molar-refractivity contribution in [2.45, 2.75) is 13.0 Å². The van der Waals surface area contributed by atoms with E-state index in [1.807, 2.05) is 29.0 Å². The number of para-hydroxylation sites is 1. The highest BCUT2D eigenvalue weighted by molar-refractivity contribution is 5.70. The zero-order valence-corrected chi connectivity index (χ0v) is 9.95. The van der Waals surface area contributed by atoms with Crippen LogP contribution >= 0.6 is 0 Å². The first kappa shape index (κ1) is 12.2. The Hall–Kier alpha value is -2.30. The van der Waals surface area contributed by atoms with E-state index in [9.17, 15) is 4.79 Å². The number of carbonyl (C=O) groups excluding carboxylic acids is 1. The van der Waals surface area contributed by atoms with Gasteiger partial charge in [0.15, 0.2) is 0 Å². The molecule has 18 heavy (non-hydrogen) atoms. The van der Waals surface area contributed by atoms with Gasteiger partial charge in [0.2, 0.25) is 0 Å². The van der Waals surface area contributed by atoms with Crippen LogP contribution < -0.4 is 10.1 Å². The van der Waals surface area contributed by atoms with Crippen molar-refractivity contribution in [3.63, 3.8) is 0 Å². The Morgan fingerprint density at radius 2 is 2.17 bits per heavy atom. The van der Waals surface area contributed by atoms with Gasteiger partial charge in [0.25, 0.3) is 0 Å². The van der Waals surface area contributed by atoms with E-state index >= 15 is 0 Å². The van der Waals surface area contributed by atoms with Crippen LogP contribution in [0.25, 0.3) is 0 Å². The van der Waals surface area contributed by atoms with Crippen LogP contribution in [-0.4, -0.2) is 22.2 Å². The van der Waals surface area contributed by atoms with Crippen LogP contribution in [0.15, 0.2) is 49.1 Å². The van der Waals surface area contributed by atoms with E-state index in [1.54, 1.807) is 24.7 Å². The Bertz CT molecular complexity index is 468. The van der Waals surface area contributed by atoms with Crippen molar-refractivity contribution in [3.8, 4) is 5.75 Å². The molecule has 5 nitrogen and oxygen atoms in total. The van der Waals surface area contributed by atoms with Crippen LogP contribution in [0.3, 0.4) is 0 Å². The van der Waals surface area contributed by atoms with Gasteiger partial charge in [0.1, 0.15) is 5.75 Å². The van der Waals surface area contributed by atoms with Crippen molar-refractivity contribution in [2.75, 3.05) is 6.54 Å². The van der Waals surface area contributed by atoms with Gasteiger partial charge in [-0.15, -0.1) is 0 Å². The molecule has 0 spiro atoms. The van der Waals surface area contributed by atoms with Crippen molar-refractivity contribution in [3.05, 3.63) is 49.1 Å². The molecular weight excluding hydrogens is 230 g/mol. The van der Waals surface area contributed by atoms with E-state index in [-0.39, 0.29) is 0 Å². The van der Waals surface area contributed by atoms with Crippen LogP contribution in [0.1, 0.15) is 6.42 Å². The zero-order chi connectivity index (χ0) is 12.6. The summed E-state index contributed by atoms with van der Waals surface area (Å²) in [5, 5.41) is 2.70. The third-order valence-corrected chi connectivity index (χ3v) is 2.38. The van der Waals surface area contributed by atoms with Crippen LogP contribution in [0.2, 0.25) is 0 Å². The van der Waals surface area contributed by atoms with Crippen molar-refractivity contribution in [1.82, 2.24) is 14.9 Å². The van der Waals surface area contributed by atoms with Gasteiger partial charge in [0, 0.05) is 25.5 Å². The molecule has 0 aliphatic rings. The number of amides is 1. The molecule has 0 atom stereocenters. The third kappa shape index (κ3) is 3.93. The van der Waals surface area contributed by atoms with Crippen molar-refractivity contribution in [1.29, 1.82) is 0 Å². The molecule has 0 bridgehead atoms. The second kappa shape index (κ2) is 6.44. The van der Waals surface area contributed by atoms with Crippen LogP contribution in [0.5, 0.6) is 5.75 Å². The summed E-state index contributed by atoms with van der Waals surface area (Å²) in [4.78, 5) is 15.4. The highest BCUT2D eigenvalue weighted by Crippen LogP contribution is 2.07. The standard InChI is InChI=1S/C13H15N3O2/c17-13(18-12-5-2-1-3-6-12)15-7-4-9-16-10-8-14-11-16/h1-3,5-6,8,10-11H,4,7,9H2,(H,15,17). The van der Waals surface area contributed by atoms with E-state index in [0.717, 1.165) is 13.0 Å². The molecule has 0 saturated carbocycles. The Labute approximate surface area is 105 Å². The second-order valence-corrected chi connectivity index (χ2v) is 3.78. The fourth-order valence-corrected chi connectivity index (χ4v) is 1.50. The summed E-state index contributed by atoms with van der Waals surface area (Å²) in [6.45, 7) is 1.40. The highest BCUT2D eigenvalue weighted by atomic mass is 16.5. The fourth-order valence-electron chi connectivity index (χ4n) is 1.50. The predicted octanol–water partition coefficient (Wildman–Crippen LogP) is 2.06. The molecule has 0 saturated heterocycles. The summed E-state index contributed by atoms with van der Waals surface area (Å²) in [5.74, 6) is 0.546. The SMILES string of the molecule is O=C(NCCCn1ccnc1)Oc1ccccc1. The van der Waals surface area contributed by atoms with Gasteiger partial charge in [-0.3, -0.25) is 0 Å². The van der Waals surface area contributed by atoms with E-state index in [0.29, 0.717) is 12.3 Å². The van der Waals surface area contributed by atoms with Gasteiger partial charge in [-0.2, -0.15) is 0 Å². The molecule has 1 aromatic heterocycles. The lowest BCUT2D eigenvalue weighted by molar-refractivity contribution is 0.200. The molecule has 2 aromatic rings. The number of benzene rings is 1. The molecule has 5 heteroatoms. The smallest absolute Gasteiger partial charge is 0.410 e. The van der Waals surface area contributed by atoms with Gasteiger partial charge in [0.05, 0.1) is 6.33 Å². The van der Waals surface area contributed by atoms with Gasteiger partial charge < -0.3 is 14.6 Å². The summed E-state index contributed by atoms with van der Waals surface area (Å²) in [6.07, 6.45) is 5.79. The molecule has 2 rings (SSSR count). The lowest BCUT2D eigenvalue weighted by Crippen LogP contribution is -2.28. The maximum absolute atomic E-state index is 11.4. The summed E-state index contributed by atoms with van der Waals surface area (Å²) >= 11 is 0. The Morgan fingerprint density at radius 1 is 1.33 bits per heavy atom. The quantitative estimate of drug-likeness (QED) is 0.820. The Morgan fingerprint density at radius 3 is 2.89 bits per heavy atom. The number of ether oxygens (including phenoxy) is 1. The number of carbonyl (C=O) groups is 1. The van der Waals surface area contributed by atoms with Crippen molar-refractivity contribution in [2.24, 2.45) is 0 Å². The summed E-state index contributed by atoms with van der Waals surface area (Å²) < 4.78 is 7.04. The lowest BCUT2D eigenvalue weighted by atomic mass is 10.3. The maximum Gasteiger partial charge on any atom is 0.412 e. The molecule has 1 heterocycles. The molecule has 1 aromatic carbocycles.